The molecule has 0 bridgehead atoms. The smallest absolute Gasteiger partial charge is 0.0725 e. The van der Waals surface area contributed by atoms with Crippen molar-refractivity contribution in [1.82, 2.24) is 9.78 Å². The van der Waals surface area contributed by atoms with E-state index in [4.69, 9.17) is 0 Å². The lowest BCUT2D eigenvalue weighted by Crippen LogP contribution is -1.99. The van der Waals surface area contributed by atoms with Gasteiger partial charge >= 0.3 is 0 Å². The van der Waals surface area contributed by atoms with Gasteiger partial charge in [-0.25, -0.2) is 0 Å². The van der Waals surface area contributed by atoms with Crippen LogP contribution in [0.5, 0.6) is 0 Å². The Kier molecular flexibility index (Phi) is 2.58. The van der Waals surface area contributed by atoms with Crippen LogP contribution in [0, 0.1) is 6.92 Å². The quantitative estimate of drug-likeness (QED) is 0.729. The maximum absolute atomic E-state index is 4.50. The Balaban J connectivity index is 2.36. The summed E-state index contributed by atoms with van der Waals surface area (Å²) in [6.07, 6.45) is 2.06. The normalized spacial score (nSPS) is 12.7. The Labute approximate surface area is 90.6 Å². The third kappa shape index (κ3) is 1.94. The van der Waals surface area contributed by atoms with Crippen LogP contribution in [0.25, 0.3) is 0 Å². The van der Waals surface area contributed by atoms with E-state index >= 15 is 0 Å². The monoisotopic (exact) mass is 200 g/mol. The highest BCUT2D eigenvalue weighted by molar-refractivity contribution is 5.30. The van der Waals surface area contributed by atoms with Gasteiger partial charge in [0.25, 0.3) is 0 Å². The lowest BCUT2D eigenvalue weighted by molar-refractivity contribution is 0.725. The third-order valence-corrected chi connectivity index (χ3v) is 2.76. The number of rotatable bonds is 2. The van der Waals surface area contributed by atoms with Crippen molar-refractivity contribution >= 4 is 0 Å². The van der Waals surface area contributed by atoms with Crippen molar-refractivity contribution in [2.24, 2.45) is 7.05 Å². The molecular formula is C13H16N2. The molecule has 78 valence electrons. The van der Waals surface area contributed by atoms with Crippen LogP contribution in [-0.4, -0.2) is 9.78 Å². The SMILES string of the molecule is Cc1cn(C)nc1[C@H](C)c1ccccc1. The molecule has 2 aromatic rings. The van der Waals surface area contributed by atoms with E-state index in [9.17, 15) is 0 Å². The maximum atomic E-state index is 4.50. The molecule has 2 heteroatoms. The van der Waals surface area contributed by atoms with Crippen molar-refractivity contribution in [1.29, 1.82) is 0 Å². The van der Waals surface area contributed by atoms with Crippen LogP contribution in [0.3, 0.4) is 0 Å². The van der Waals surface area contributed by atoms with Gasteiger partial charge in [-0.3, -0.25) is 4.68 Å². The second kappa shape index (κ2) is 3.89. The van der Waals surface area contributed by atoms with Crippen LogP contribution < -0.4 is 0 Å². The van der Waals surface area contributed by atoms with Crippen molar-refractivity contribution in [2.45, 2.75) is 19.8 Å². The lowest BCUT2D eigenvalue weighted by Gasteiger charge is -2.09. The Morgan fingerprint density at radius 2 is 1.87 bits per heavy atom. The zero-order valence-electron chi connectivity index (χ0n) is 9.44. The number of hydrogen-bond donors (Lipinski definition) is 0. The Hall–Kier alpha value is -1.57. The summed E-state index contributed by atoms with van der Waals surface area (Å²) in [5.41, 5.74) is 3.75. The van der Waals surface area contributed by atoms with Gasteiger partial charge in [0.05, 0.1) is 5.69 Å². The van der Waals surface area contributed by atoms with Crippen LogP contribution in [0.4, 0.5) is 0 Å². The van der Waals surface area contributed by atoms with Gasteiger partial charge in [-0.1, -0.05) is 37.3 Å². The summed E-state index contributed by atoms with van der Waals surface area (Å²) in [4.78, 5) is 0. The molecule has 1 aromatic carbocycles. The van der Waals surface area contributed by atoms with Crippen LogP contribution >= 0.6 is 0 Å². The molecule has 2 nitrogen and oxygen atoms in total. The van der Waals surface area contributed by atoms with Crippen molar-refractivity contribution in [3.8, 4) is 0 Å². The number of aromatic nitrogens is 2. The van der Waals surface area contributed by atoms with Crippen molar-refractivity contribution in [3.05, 3.63) is 53.3 Å². The predicted octanol–water partition coefficient (Wildman–Crippen LogP) is 2.88. The van der Waals surface area contributed by atoms with E-state index in [0.29, 0.717) is 5.92 Å². The standard InChI is InChI=1S/C13H16N2/c1-10-9-15(3)14-13(10)11(2)12-7-5-4-6-8-12/h4-9,11H,1-3H3/t11-/m1/s1. The molecule has 2 rings (SSSR count). The van der Waals surface area contributed by atoms with E-state index in [-0.39, 0.29) is 0 Å². The molecule has 1 atom stereocenters. The topological polar surface area (TPSA) is 17.8 Å². The van der Waals surface area contributed by atoms with Gasteiger partial charge < -0.3 is 0 Å². The lowest BCUT2D eigenvalue weighted by atomic mass is 9.96. The minimum atomic E-state index is 0.368. The third-order valence-electron chi connectivity index (χ3n) is 2.76. The van der Waals surface area contributed by atoms with E-state index in [1.54, 1.807) is 0 Å². The molecule has 1 aromatic heterocycles. The van der Waals surface area contributed by atoms with Crippen molar-refractivity contribution < 1.29 is 0 Å². The minimum Gasteiger partial charge on any atom is -0.275 e. The molecule has 1 heterocycles. The van der Waals surface area contributed by atoms with Gasteiger partial charge in [0.1, 0.15) is 0 Å². The average Bonchev–Trinajstić information content (AvgIpc) is 2.58. The van der Waals surface area contributed by atoms with Gasteiger partial charge in [0, 0.05) is 19.2 Å². The molecule has 0 radical (unpaired) electrons. The first-order valence-electron chi connectivity index (χ1n) is 5.23. The Bertz CT molecular complexity index is 443. The molecule has 0 spiro atoms. The fourth-order valence-electron chi connectivity index (χ4n) is 1.95. The summed E-state index contributed by atoms with van der Waals surface area (Å²) in [7, 11) is 1.97. The van der Waals surface area contributed by atoms with Crippen molar-refractivity contribution in [3.63, 3.8) is 0 Å². The molecule has 0 aliphatic carbocycles. The molecule has 0 aliphatic rings. The van der Waals surface area contributed by atoms with Gasteiger partial charge in [-0.05, 0) is 18.1 Å². The fraction of sp³-hybridized carbons (Fsp3) is 0.308. The minimum absolute atomic E-state index is 0.368. The second-order valence-electron chi connectivity index (χ2n) is 4.00. The molecule has 0 saturated carbocycles. The van der Waals surface area contributed by atoms with Gasteiger partial charge in [-0.15, -0.1) is 0 Å². The van der Waals surface area contributed by atoms with Crippen molar-refractivity contribution in [2.75, 3.05) is 0 Å². The van der Waals surface area contributed by atoms with E-state index in [1.165, 1.54) is 16.8 Å². The summed E-state index contributed by atoms with van der Waals surface area (Å²) in [6, 6.07) is 10.5. The molecule has 0 amide bonds. The second-order valence-corrected chi connectivity index (χ2v) is 4.00. The molecule has 15 heavy (non-hydrogen) atoms. The number of hydrogen-bond acceptors (Lipinski definition) is 1. The van der Waals surface area contributed by atoms with E-state index in [2.05, 4.69) is 49.4 Å². The van der Waals surface area contributed by atoms with Gasteiger partial charge in [0.2, 0.25) is 0 Å². The molecule has 0 N–H and O–H groups in total. The van der Waals surface area contributed by atoms with Gasteiger partial charge in [0.15, 0.2) is 0 Å². The van der Waals surface area contributed by atoms with E-state index < -0.39 is 0 Å². The number of aryl methyl sites for hydroxylation is 2. The highest BCUT2D eigenvalue weighted by atomic mass is 15.3. The summed E-state index contributed by atoms with van der Waals surface area (Å²) >= 11 is 0. The van der Waals surface area contributed by atoms with Crippen LogP contribution in [0.2, 0.25) is 0 Å². The Morgan fingerprint density at radius 3 is 2.40 bits per heavy atom. The van der Waals surface area contributed by atoms with E-state index in [0.717, 1.165) is 0 Å². The number of benzene rings is 1. The largest absolute Gasteiger partial charge is 0.275 e. The zero-order valence-corrected chi connectivity index (χ0v) is 9.44. The van der Waals surface area contributed by atoms with Crippen LogP contribution in [-0.2, 0) is 7.05 Å². The zero-order chi connectivity index (χ0) is 10.8. The highest BCUT2D eigenvalue weighted by Gasteiger charge is 2.13. The van der Waals surface area contributed by atoms with Crippen LogP contribution in [0.1, 0.15) is 29.7 Å². The summed E-state index contributed by atoms with van der Waals surface area (Å²) in [5.74, 6) is 0.368. The summed E-state index contributed by atoms with van der Waals surface area (Å²) < 4.78 is 1.88. The first-order valence-corrected chi connectivity index (χ1v) is 5.23. The molecule has 0 unspecified atom stereocenters. The molecular weight excluding hydrogens is 184 g/mol. The molecule has 0 aliphatic heterocycles. The summed E-state index contributed by atoms with van der Waals surface area (Å²) in [5, 5.41) is 4.50. The molecule has 0 saturated heterocycles. The van der Waals surface area contributed by atoms with Crippen LogP contribution in [0.15, 0.2) is 36.5 Å². The molecule has 0 fully saturated rings. The average molecular weight is 200 g/mol. The number of nitrogens with zero attached hydrogens (tertiary/aromatic N) is 2. The predicted molar refractivity (Wildman–Crippen MR) is 61.9 cm³/mol. The van der Waals surface area contributed by atoms with Gasteiger partial charge in [-0.2, -0.15) is 5.10 Å². The van der Waals surface area contributed by atoms with E-state index in [1.807, 2.05) is 17.8 Å². The summed E-state index contributed by atoms with van der Waals surface area (Å²) in [6.45, 7) is 4.31. The Morgan fingerprint density at radius 1 is 1.20 bits per heavy atom. The highest BCUT2D eigenvalue weighted by Crippen LogP contribution is 2.24. The fourth-order valence-corrected chi connectivity index (χ4v) is 1.95. The first-order chi connectivity index (χ1) is 7.18. The maximum Gasteiger partial charge on any atom is 0.0725 e. The first kappa shape index (κ1) is 9.97.